The van der Waals surface area contributed by atoms with Crippen LogP contribution in [0.2, 0.25) is 0 Å². The summed E-state index contributed by atoms with van der Waals surface area (Å²) >= 11 is 0. The fourth-order valence-electron chi connectivity index (χ4n) is 2.41. The normalized spacial score (nSPS) is 14.6. The first-order valence-electron chi connectivity index (χ1n) is 7.03. The molecule has 1 heterocycles. The van der Waals surface area contributed by atoms with Gasteiger partial charge < -0.3 is 16.2 Å². The number of hydrogen-bond donors (Lipinski definition) is 2. The monoisotopic (exact) mass is 295 g/mol. The van der Waals surface area contributed by atoms with Crippen molar-refractivity contribution < 1.29 is 4.74 Å². The zero-order valence-electron chi connectivity index (χ0n) is 12.1. The third kappa shape index (κ3) is 3.22. The zero-order valence-corrected chi connectivity index (χ0v) is 12.1. The van der Waals surface area contributed by atoms with Crippen LogP contribution in [-0.2, 0) is 13.0 Å². The molecule has 6 nitrogen and oxygen atoms in total. The van der Waals surface area contributed by atoms with E-state index in [2.05, 4.69) is 15.2 Å². The average Bonchev–Trinajstić information content (AvgIpc) is 2.94. The van der Waals surface area contributed by atoms with Crippen molar-refractivity contribution >= 4 is 11.7 Å². The van der Waals surface area contributed by atoms with Crippen molar-refractivity contribution in [2.75, 3.05) is 0 Å². The fraction of sp³-hybridized carbons (Fsp3) is 0.188. The van der Waals surface area contributed by atoms with Gasteiger partial charge in [-0.2, -0.15) is 5.10 Å². The van der Waals surface area contributed by atoms with Crippen molar-refractivity contribution in [2.45, 2.75) is 19.4 Å². The van der Waals surface area contributed by atoms with Gasteiger partial charge in [-0.15, -0.1) is 5.10 Å². The number of aryl methyl sites for hydroxylation is 1. The number of nitrogens with two attached hydrogens (primary N) is 2. The number of ether oxygens (including phenoxy) is 1. The summed E-state index contributed by atoms with van der Waals surface area (Å²) in [4.78, 5) is 4.07. The van der Waals surface area contributed by atoms with Crippen LogP contribution in [0.3, 0.4) is 0 Å². The number of guanidine groups is 1. The van der Waals surface area contributed by atoms with Crippen molar-refractivity contribution in [3.8, 4) is 5.75 Å². The highest BCUT2D eigenvalue weighted by Crippen LogP contribution is 2.27. The van der Waals surface area contributed by atoms with Crippen LogP contribution in [0.5, 0.6) is 5.75 Å². The average molecular weight is 295 g/mol. The molecular weight excluding hydrogens is 278 g/mol. The van der Waals surface area contributed by atoms with Gasteiger partial charge in [0.2, 0.25) is 5.96 Å². The summed E-state index contributed by atoms with van der Waals surface area (Å²) in [5.41, 5.74) is 14.8. The lowest BCUT2D eigenvalue weighted by atomic mass is 10.1. The summed E-state index contributed by atoms with van der Waals surface area (Å²) in [6.07, 6.45) is 5.29. The molecule has 1 aliphatic carbocycles. The predicted octanol–water partition coefficient (Wildman–Crippen LogP) is 1.58. The number of nitrogens with zero attached hydrogens (tertiary/aromatic N) is 3. The van der Waals surface area contributed by atoms with E-state index < -0.39 is 0 Å². The highest BCUT2D eigenvalue weighted by molar-refractivity contribution is 6.04. The van der Waals surface area contributed by atoms with Gasteiger partial charge in [-0.1, -0.05) is 6.07 Å². The largest absolute Gasteiger partial charge is 0.489 e. The summed E-state index contributed by atoms with van der Waals surface area (Å²) in [5.74, 6) is 0.808. The Morgan fingerprint density at radius 1 is 1.23 bits per heavy atom. The smallest absolute Gasteiger partial charge is 0.211 e. The second kappa shape index (κ2) is 6.26. The van der Waals surface area contributed by atoms with Crippen molar-refractivity contribution in [1.82, 2.24) is 4.98 Å². The van der Waals surface area contributed by atoms with Crippen LogP contribution in [0, 0.1) is 0 Å². The quantitative estimate of drug-likeness (QED) is 0.508. The molecule has 0 amide bonds. The van der Waals surface area contributed by atoms with E-state index >= 15 is 0 Å². The summed E-state index contributed by atoms with van der Waals surface area (Å²) in [6.45, 7) is 0.502. The summed E-state index contributed by atoms with van der Waals surface area (Å²) in [5, 5.41) is 7.82. The molecule has 0 spiro atoms. The van der Waals surface area contributed by atoms with E-state index in [0.29, 0.717) is 6.61 Å². The number of pyridine rings is 1. The number of fused-ring (bicyclic) bond motifs is 1. The van der Waals surface area contributed by atoms with Crippen LogP contribution < -0.4 is 16.2 Å². The molecule has 0 atom stereocenters. The van der Waals surface area contributed by atoms with Gasteiger partial charge in [-0.3, -0.25) is 4.98 Å². The Bertz CT molecular complexity index is 721. The Balaban J connectivity index is 1.73. The van der Waals surface area contributed by atoms with E-state index in [9.17, 15) is 0 Å². The van der Waals surface area contributed by atoms with Crippen molar-refractivity contribution in [2.24, 2.45) is 21.7 Å². The minimum atomic E-state index is -0.0302. The van der Waals surface area contributed by atoms with Gasteiger partial charge in [-0.05, 0) is 42.7 Å². The first-order valence-corrected chi connectivity index (χ1v) is 7.03. The third-order valence-corrected chi connectivity index (χ3v) is 3.43. The van der Waals surface area contributed by atoms with Crippen molar-refractivity contribution in [1.29, 1.82) is 0 Å². The van der Waals surface area contributed by atoms with Crippen molar-refractivity contribution in [3.05, 3.63) is 59.4 Å². The molecule has 0 bridgehead atoms. The molecule has 1 aromatic heterocycles. The second-order valence-electron chi connectivity index (χ2n) is 5.04. The van der Waals surface area contributed by atoms with E-state index in [1.807, 2.05) is 30.3 Å². The highest BCUT2D eigenvalue weighted by atomic mass is 16.5. The molecule has 0 aliphatic heterocycles. The SMILES string of the molecule is NC(N)=N/N=C1\CCc2cc(OCc3cccnc3)ccc21. The van der Waals surface area contributed by atoms with Gasteiger partial charge in [0, 0.05) is 23.5 Å². The minimum absolute atomic E-state index is 0.0302. The molecule has 6 heteroatoms. The number of aromatic nitrogens is 1. The zero-order chi connectivity index (χ0) is 15.4. The molecule has 0 saturated carbocycles. The summed E-state index contributed by atoms with van der Waals surface area (Å²) < 4.78 is 5.80. The van der Waals surface area contributed by atoms with Crippen LogP contribution in [-0.4, -0.2) is 16.7 Å². The lowest BCUT2D eigenvalue weighted by Crippen LogP contribution is -2.22. The first-order chi connectivity index (χ1) is 10.7. The topological polar surface area (TPSA) is 98.9 Å². The Kier molecular flexibility index (Phi) is 4.00. The molecule has 0 unspecified atom stereocenters. The minimum Gasteiger partial charge on any atom is -0.489 e. The molecule has 4 N–H and O–H groups in total. The summed E-state index contributed by atoms with van der Waals surface area (Å²) in [6, 6.07) is 9.87. The Morgan fingerprint density at radius 3 is 2.91 bits per heavy atom. The van der Waals surface area contributed by atoms with Crippen LogP contribution in [0.15, 0.2) is 52.9 Å². The van der Waals surface area contributed by atoms with E-state index in [1.165, 1.54) is 5.56 Å². The maximum atomic E-state index is 5.80. The third-order valence-electron chi connectivity index (χ3n) is 3.43. The first kappa shape index (κ1) is 14.1. The maximum absolute atomic E-state index is 5.80. The van der Waals surface area contributed by atoms with E-state index in [1.54, 1.807) is 12.4 Å². The van der Waals surface area contributed by atoms with Crippen molar-refractivity contribution in [3.63, 3.8) is 0 Å². The summed E-state index contributed by atoms with van der Waals surface area (Å²) in [7, 11) is 0. The molecular formula is C16H17N5O. The molecule has 1 aromatic carbocycles. The van der Waals surface area contributed by atoms with E-state index in [0.717, 1.165) is 35.4 Å². The molecule has 112 valence electrons. The van der Waals surface area contributed by atoms with Crippen LogP contribution in [0.1, 0.15) is 23.1 Å². The van der Waals surface area contributed by atoms with Gasteiger partial charge in [-0.25, -0.2) is 0 Å². The number of hydrogen-bond acceptors (Lipinski definition) is 4. The maximum Gasteiger partial charge on any atom is 0.211 e. The lowest BCUT2D eigenvalue weighted by Gasteiger charge is -2.08. The molecule has 0 saturated heterocycles. The van der Waals surface area contributed by atoms with Gasteiger partial charge in [0.1, 0.15) is 12.4 Å². The van der Waals surface area contributed by atoms with E-state index in [4.69, 9.17) is 16.2 Å². The van der Waals surface area contributed by atoms with Gasteiger partial charge >= 0.3 is 0 Å². The fourth-order valence-corrected chi connectivity index (χ4v) is 2.41. The molecule has 22 heavy (non-hydrogen) atoms. The molecule has 2 aromatic rings. The predicted molar refractivity (Wildman–Crippen MR) is 85.7 cm³/mol. The van der Waals surface area contributed by atoms with Crippen LogP contribution in [0.4, 0.5) is 0 Å². The Hall–Kier alpha value is -2.89. The van der Waals surface area contributed by atoms with Gasteiger partial charge in [0.25, 0.3) is 0 Å². The number of benzene rings is 1. The Morgan fingerprint density at radius 2 is 2.14 bits per heavy atom. The molecule has 1 aliphatic rings. The lowest BCUT2D eigenvalue weighted by molar-refractivity contribution is 0.305. The van der Waals surface area contributed by atoms with Gasteiger partial charge in [0.05, 0.1) is 5.71 Å². The number of rotatable bonds is 4. The molecule has 3 rings (SSSR count). The highest BCUT2D eigenvalue weighted by Gasteiger charge is 2.18. The standard InChI is InChI=1S/C16H17N5O/c17-16(18)21-20-15-6-3-12-8-13(4-5-14(12)15)22-10-11-2-1-7-19-9-11/h1-2,4-5,7-9H,3,6,10H2,(H4,17,18,21)/b20-15+. The second-order valence-corrected chi connectivity index (χ2v) is 5.04. The van der Waals surface area contributed by atoms with E-state index in [-0.39, 0.29) is 5.96 Å². The van der Waals surface area contributed by atoms with Crippen LogP contribution >= 0.6 is 0 Å². The molecule has 0 radical (unpaired) electrons. The Labute approximate surface area is 128 Å². The van der Waals surface area contributed by atoms with Crippen LogP contribution in [0.25, 0.3) is 0 Å². The molecule has 0 fully saturated rings. The van der Waals surface area contributed by atoms with Gasteiger partial charge in [0.15, 0.2) is 0 Å².